The Hall–Kier alpha value is -3.13. The number of hydrogen-bond donors (Lipinski definition) is 0. The van der Waals surface area contributed by atoms with Gasteiger partial charge in [0.1, 0.15) is 11.6 Å². The largest absolute Gasteiger partial charge is 0.417 e. The van der Waals surface area contributed by atoms with Gasteiger partial charge >= 0.3 is 6.18 Å². The maximum absolute atomic E-state index is 12.6. The standard InChI is InChI=1S/C20H19F3N4O3S/c21-20(22,23)17-5-6-18(25-12-17)26-7-9-27(10-8-26)19(28)14-31(29,30)13-16-3-1-15(11-24)2-4-16/h1-6,12H,7-10,13-14H2. The van der Waals surface area contributed by atoms with Gasteiger partial charge in [0.2, 0.25) is 5.91 Å². The monoisotopic (exact) mass is 452 g/mol. The topological polar surface area (TPSA) is 94.4 Å². The number of sulfone groups is 1. The third kappa shape index (κ3) is 5.95. The highest BCUT2D eigenvalue weighted by atomic mass is 32.2. The molecular weight excluding hydrogens is 433 g/mol. The van der Waals surface area contributed by atoms with Crippen molar-refractivity contribution in [2.75, 3.05) is 36.8 Å². The number of aromatic nitrogens is 1. The molecule has 1 aliphatic heterocycles. The lowest BCUT2D eigenvalue weighted by atomic mass is 10.2. The van der Waals surface area contributed by atoms with Gasteiger partial charge in [0.05, 0.1) is 22.9 Å². The first kappa shape index (κ1) is 22.6. The minimum Gasteiger partial charge on any atom is -0.353 e. The van der Waals surface area contributed by atoms with Gasteiger partial charge in [-0.05, 0) is 29.8 Å². The summed E-state index contributed by atoms with van der Waals surface area (Å²) in [6.45, 7) is 1.15. The summed E-state index contributed by atoms with van der Waals surface area (Å²) < 4.78 is 62.7. The van der Waals surface area contributed by atoms with E-state index >= 15 is 0 Å². The van der Waals surface area contributed by atoms with Gasteiger partial charge in [-0.1, -0.05) is 12.1 Å². The van der Waals surface area contributed by atoms with E-state index in [-0.39, 0.29) is 18.8 Å². The number of alkyl halides is 3. The molecule has 164 valence electrons. The molecule has 0 unspecified atom stereocenters. The molecule has 0 spiro atoms. The number of pyridine rings is 1. The highest BCUT2D eigenvalue weighted by Gasteiger charge is 2.31. The first-order valence-electron chi connectivity index (χ1n) is 9.33. The van der Waals surface area contributed by atoms with Crippen LogP contribution in [0.25, 0.3) is 0 Å². The van der Waals surface area contributed by atoms with Crippen LogP contribution >= 0.6 is 0 Å². The van der Waals surface area contributed by atoms with Crippen LogP contribution < -0.4 is 4.90 Å². The Bertz CT molecular complexity index is 1070. The number of carbonyl (C=O) groups is 1. The van der Waals surface area contributed by atoms with Gasteiger partial charge in [-0.2, -0.15) is 18.4 Å². The summed E-state index contributed by atoms with van der Waals surface area (Å²) in [6.07, 6.45) is -3.69. The average molecular weight is 452 g/mol. The second-order valence-electron chi connectivity index (χ2n) is 7.11. The van der Waals surface area contributed by atoms with Crippen LogP contribution in [-0.2, 0) is 26.6 Å². The number of benzene rings is 1. The van der Waals surface area contributed by atoms with Crippen LogP contribution in [0.3, 0.4) is 0 Å². The third-order valence-electron chi connectivity index (χ3n) is 4.84. The lowest BCUT2D eigenvalue weighted by Crippen LogP contribution is -2.50. The summed E-state index contributed by atoms with van der Waals surface area (Å²) in [4.78, 5) is 19.5. The molecule has 31 heavy (non-hydrogen) atoms. The molecule has 3 rings (SSSR count). The van der Waals surface area contributed by atoms with Gasteiger partial charge in [-0.25, -0.2) is 13.4 Å². The van der Waals surface area contributed by atoms with E-state index < -0.39 is 33.2 Å². The highest BCUT2D eigenvalue weighted by Crippen LogP contribution is 2.29. The van der Waals surface area contributed by atoms with Crippen molar-refractivity contribution in [3.05, 3.63) is 59.3 Å². The molecule has 2 aromatic rings. The van der Waals surface area contributed by atoms with Crippen molar-refractivity contribution < 1.29 is 26.4 Å². The van der Waals surface area contributed by atoms with E-state index in [9.17, 15) is 26.4 Å². The van der Waals surface area contributed by atoms with E-state index in [2.05, 4.69) is 4.98 Å². The second-order valence-corrected chi connectivity index (χ2v) is 9.18. The Kier molecular flexibility index (Phi) is 6.50. The molecule has 0 aliphatic carbocycles. The lowest BCUT2D eigenvalue weighted by molar-refractivity contribution is -0.137. The molecule has 1 fully saturated rings. The number of amides is 1. The van der Waals surface area contributed by atoms with Crippen LogP contribution in [0.4, 0.5) is 19.0 Å². The van der Waals surface area contributed by atoms with E-state index in [1.54, 1.807) is 4.90 Å². The Morgan fingerprint density at radius 2 is 1.71 bits per heavy atom. The number of nitrogens with zero attached hydrogens (tertiary/aromatic N) is 4. The molecule has 7 nitrogen and oxygen atoms in total. The molecule has 2 heterocycles. The Labute approximate surface area is 177 Å². The summed E-state index contributed by atoms with van der Waals surface area (Å²) in [5.74, 6) is -1.09. The fourth-order valence-corrected chi connectivity index (χ4v) is 4.55. The van der Waals surface area contributed by atoms with Crippen molar-refractivity contribution in [2.24, 2.45) is 0 Å². The summed E-state index contributed by atoms with van der Waals surface area (Å²) in [6, 6.07) is 10.3. The number of halogens is 3. The first-order chi connectivity index (χ1) is 14.6. The van der Waals surface area contributed by atoms with Gasteiger partial charge in [0.25, 0.3) is 0 Å². The molecule has 0 atom stereocenters. The van der Waals surface area contributed by atoms with E-state index in [0.717, 1.165) is 12.3 Å². The molecule has 0 radical (unpaired) electrons. The fourth-order valence-electron chi connectivity index (χ4n) is 3.19. The summed E-state index contributed by atoms with van der Waals surface area (Å²) in [7, 11) is -3.69. The first-order valence-corrected chi connectivity index (χ1v) is 11.1. The van der Waals surface area contributed by atoms with Gasteiger partial charge in [0, 0.05) is 32.4 Å². The van der Waals surface area contributed by atoms with Gasteiger partial charge in [-0.3, -0.25) is 4.79 Å². The fraction of sp³-hybridized carbons (Fsp3) is 0.350. The Morgan fingerprint density at radius 3 is 2.23 bits per heavy atom. The number of hydrogen-bond acceptors (Lipinski definition) is 6. The van der Waals surface area contributed by atoms with E-state index in [0.29, 0.717) is 30.0 Å². The van der Waals surface area contributed by atoms with Crippen LogP contribution in [0.1, 0.15) is 16.7 Å². The lowest BCUT2D eigenvalue weighted by Gasteiger charge is -2.35. The van der Waals surface area contributed by atoms with Crippen molar-refractivity contribution in [3.63, 3.8) is 0 Å². The molecule has 0 N–H and O–H groups in total. The zero-order chi connectivity index (χ0) is 22.6. The minimum absolute atomic E-state index is 0.244. The summed E-state index contributed by atoms with van der Waals surface area (Å²) in [5, 5.41) is 8.79. The number of nitriles is 1. The quantitative estimate of drug-likeness (QED) is 0.691. The minimum atomic E-state index is -4.46. The molecule has 0 saturated carbocycles. The van der Waals surface area contributed by atoms with Crippen molar-refractivity contribution >= 4 is 21.6 Å². The maximum atomic E-state index is 12.6. The van der Waals surface area contributed by atoms with Crippen molar-refractivity contribution in [1.82, 2.24) is 9.88 Å². The summed E-state index contributed by atoms with van der Waals surface area (Å²) in [5.41, 5.74) is 0.0696. The number of carbonyl (C=O) groups excluding carboxylic acids is 1. The molecule has 1 saturated heterocycles. The zero-order valence-electron chi connectivity index (χ0n) is 16.3. The third-order valence-corrected chi connectivity index (χ3v) is 6.30. The second kappa shape index (κ2) is 8.93. The predicted octanol–water partition coefficient (Wildman–Crippen LogP) is 2.24. The van der Waals surface area contributed by atoms with Gasteiger partial charge in [-0.15, -0.1) is 0 Å². The Morgan fingerprint density at radius 1 is 1.06 bits per heavy atom. The van der Waals surface area contributed by atoms with Crippen LogP contribution in [0.5, 0.6) is 0 Å². The number of piperazine rings is 1. The SMILES string of the molecule is N#Cc1ccc(CS(=O)(=O)CC(=O)N2CCN(c3ccc(C(F)(F)F)cn3)CC2)cc1. The molecule has 1 aromatic carbocycles. The molecule has 1 aromatic heterocycles. The van der Waals surface area contributed by atoms with Crippen molar-refractivity contribution in [1.29, 1.82) is 5.26 Å². The van der Waals surface area contributed by atoms with Crippen LogP contribution in [0.15, 0.2) is 42.6 Å². The van der Waals surface area contributed by atoms with Crippen LogP contribution in [-0.4, -0.2) is 56.1 Å². The molecular formula is C20H19F3N4O3S. The summed E-state index contributed by atoms with van der Waals surface area (Å²) >= 11 is 0. The van der Waals surface area contributed by atoms with Gasteiger partial charge < -0.3 is 9.80 Å². The van der Waals surface area contributed by atoms with E-state index in [1.165, 1.54) is 35.2 Å². The van der Waals surface area contributed by atoms with Crippen molar-refractivity contribution in [2.45, 2.75) is 11.9 Å². The van der Waals surface area contributed by atoms with E-state index in [1.807, 2.05) is 6.07 Å². The maximum Gasteiger partial charge on any atom is 0.417 e. The highest BCUT2D eigenvalue weighted by molar-refractivity contribution is 7.91. The smallest absolute Gasteiger partial charge is 0.353 e. The number of anilines is 1. The van der Waals surface area contributed by atoms with E-state index in [4.69, 9.17) is 5.26 Å². The predicted molar refractivity (Wildman–Crippen MR) is 107 cm³/mol. The molecule has 11 heteroatoms. The molecule has 1 amide bonds. The normalized spacial score (nSPS) is 14.9. The van der Waals surface area contributed by atoms with Gasteiger partial charge in [0.15, 0.2) is 9.84 Å². The zero-order valence-corrected chi connectivity index (χ0v) is 17.2. The average Bonchev–Trinajstić information content (AvgIpc) is 2.73. The van der Waals surface area contributed by atoms with Crippen LogP contribution in [0.2, 0.25) is 0 Å². The molecule has 1 aliphatic rings. The Balaban J connectivity index is 1.54. The molecule has 0 bridgehead atoms. The van der Waals surface area contributed by atoms with Crippen LogP contribution in [0, 0.1) is 11.3 Å². The number of rotatable bonds is 5. The van der Waals surface area contributed by atoms with Crippen molar-refractivity contribution in [3.8, 4) is 6.07 Å².